The molecule has 0 atom stereocenters. The van der Waals surface area contributed by atoms with Gasteiger partial charge in [0.2, 0.25) is 0 Å². The van der Waals surface area contributed by atoms with Gasteiger partial charge in [-0.2, -0.15) is 0 Å². The van der Waals surface area contributed by atoms with Gasteiger partial charge in [-0.3, -0.25) is 4.99 Å². The second-order valence-electron chi connectivity index (χ2n) is 3.68. The summed E-state index contributed by atoms with van der Waals surface area (Å²) in [5, 5.41) is 3.11. The summed E-state index contributed by atoms with van der Waals surface area (Å²) < 4.78 is 5.37. The fourth-order valence-corrected chi connectivity index (χ4v) is 1.48. The molecule has 18 heavy (non-hydrogen) atoms. The monoisotopic (exact) mass is 246 g/mol. The fourth-order valence-electron chi connectivity index (χ4n) is 1.48. The number of rotatable bonds is 5. The van der Waals surface area contributed by atoms with Crippen molar-refractivity contribution in [2.75, 3.05) is 19.5 Å². The lowest BCUT2D eigenvalue weighted by Gasteiger charge is -2.14. The van der Waals surface area contributed by atoms with Crippen LogP contribution in [0.25, 0.3) is 0 Å². The lowest BCUT2D eigenvalue weighted by atomic mass is 10.1. The molecule has 0 aliphatic rings. The predicted octanol–water partition coefficient (Wildman–Crippen LogP) is 2.00. The summed E-state index contributed by atoms with van der Waals surface area (Å²) in [6.07, 6.45) is 1.40. The van der Waals surface area contributed by atoms with Gasteiger partial charge in [-0.05, 0) is 19.1 Å². The number of hydrogen-bond donors (Lipinski definition) is 2. The molecule has 96 valence electrons. The van der Waals surface area contributed by atoms with Crippen molar-refractivity contribution < 1.29 is 4.74 Å². The van der Waals surface area contributed by atoms with Crippen LogP contribution in [0.15, 0.2) is 40.5 Å². The maximum absolute atomic E-state index is 5.89. The molecule has 0 saturated heterocycles. The minimum absolute atomic E-state index is 0.350. The van der Waals surface area contributed by atoms with Gasteiger partial charge in [-0.1, -0.05) is 12.6 Å². The number of benzene rings is 1. The largest absolute Gasteiger partial charge is 0.494 e. The van der Waals surface area contributed by atoms with Gasteiger partial charge in [-0.15, -0.1) is 0 Å². The summed E-state index contributed by atoms with van der Waals surface area (Å²) in [6, 6.07) is 5.59. The molecule has 0 amide bonds. The topological polar surface area (TPSA) is 72.0 Å². The highest BCUT2D eigenvalue weighted by Crippen LogP contribution is 2.29. The van der Waals surface area contributed by atoms with Crippen LogP contribution >= 0.6 is 0 Å². The van der Waals surface area contributed by atoms with Crippen molar-refractivity contribution in [2.24, 2.45) is 15.7 Å². The van der Waals surface area contributed by atoms with Crippen molar-refractivity contribution in [3.8, 4) is 5.75 Å². The van der Waals surface area contributed by atoms with Crippen LogP contribution in [0.5, 0.6) is 5.75 Å². The summed E-state index contributed by atoms with van der Waals surface area (Å²) in [7, 11) is 3.22. The highest BCUT2D eigenvalue weighted by atomic mass is 16.5. The number of anilines is 1. The SMILES string of the molecule is C=C(C)Nc1cccc(C(N)=NC=NC)c1OC. The molecule has 3 N–H and O–H groups in total. The molecule has 1 aromatic rings. The lowest BCUT2D eigenvalue weighted by molar-refractivity contribution is 0.416. The van der Waals surface area contributed by atoms with E-state index in [0.717, 1.165) is 11.4 Å². The van der Waals surface area contributed by atoms with Crippen molar-refractivity contribution in [2.45, 2.75) is 6.92 Å². The molecule has 0 bridgehead atoms. The average molecular weight is 246 g/mol. The molecule has 5 nitrogen and oxygen atoms in total. The molecule has 0 unspecified atom stereocenters. The third-order valence-corrected chi connectivity index (χ3v) is 2.16. The second-order valence-corrected chi connectivity index (χ2v) is 3.68. The van der Waals surface area contributed by atoms with E-state index in [0.29, 0.717) is 17.1 Å². The zero-order valence-corrected chi connectivity index (χ0v) is 10.9. The maximum Gasteiger partial charge on any atom is 0.153 e. The zero-order chi connectivity index (χ0) is 13.5. The van der Waals surface area contributed by atoms with E-state index in [4.69, 9.17) is 10.5 Å². The van der Waals surface area contributed by atoms with Crippen LogP contribution in [-0.4, -0.2) is 26.3 Å². The Morgan fingerprint density at radius 2 is 2.22 bits per heavy atom. The van der Waals surface area contributed by atoms with E-state index in [2.05, 4.69) is 21.9 Å². The number of amidine groups is 1. The van der Waals surface area contributed by atoms with Crippen LogP contribution in [0.1, 0.15) is 12.5 Å². The third-order valence-electron chi connectivity index (χ3n) is 2.16. The number of methoxy groups -OCH3 is 1. The Balaban J connectivity index is 3.24. The number of aliphatic imine (C=N–C) groups is 2. The van der Waals surface area contributed by atoms with Crippen LogP contribution < -0.4 is 15.8 Å². The van der Waals surface area contributed by atoms with Gasteiger partial charge in [0, 0.05) is 12.7 Å². The van der Waals surface area contributed by atoms with Crippen molar-refractivity contribution >= 4 is 17.9 Å². The molecule has 5 heteroatoms. The van der Waals surface area contributed by atoms with Crippen LogP contribution in [0.2, 0.25) is 0 Å². The van der Waals surface area contributed by atoms with Gasteiger partial charge in [0.05, 0.1) is 18.4 Å². The molecular weight excluding hydrogens is 228 g/mol. The van der Waals surface area contributed by atoms with E-state index in [-0.39, 0.29) is 0 Å². The Morgan fingerprint density at radius 3 is 2.78 bits per heavy atom. The van der Waals surface area contributed by atoms with E-state index < -0.39 is 0 Å². The Hall–Kier alpha value is -2.30. The quantitative estimate of drug-likeness (QED) is 0.616. The minimum atomic E-state index is 0.350. The number of nitrogens with one attached hydrogen (secondary N) is 1. The normalized spacial score (nSPS) is 11.6. The maximum atomic E-state index is 5.89. The zero-order valence-electron chi connectivity index (χ0n) is 10.9. The minimum Gasteiger partial charge on any atom is -0.494 e. The van der Waals surface area contributed by atoms with E-state index in [1.54, 1.807) is 14.2 Å². The Morgan fingerprint density at radius 1 is 1.50 bits per heavy atom. The first kappa shape index (κ1) is 13.8. The van der Waals surface area contributed by atoms with Crippen molar-refractivity contribution in [1.82, 2.24) is 0 Å². The molecule has 1 aromatic carbocycles. The molecule has 0 aliphatic heterocycles. The number of nitrogens with zero attached hydrogens (tertiary/aromatic N) is 2. The molecule has 0 aromatic heterocycles. The average Bonchev–Trinajstić information content (AvgIpc) is 2.34. The lowest BCUT2D eigenvalue weighted by Crippen LogP contribution is -2.15. The van der Waals surface area contributed by atoms with Crippen LogP contribution in [0.3, 0.4) is 0 Å². The van der Waals surface area contributed by atoms with Gasteiger partial charge >= 0.3 is 0 Å². The van der Waals surface area contributed by atoms with Gasteiger partial charge in [0.25, 0.3) is 0 Å². The molecule has 1 rings (SSSR count). The number of para-hydroxylation sites is 1. The fraction of sp³-hybridized carbons (Fsp3) is 0.231. The summed E-state index contributed by atoms with van der Waals surface area (Å²) in [5.41, 5.74) is 8.21. The first-order valence-corrected chi connectivity index (χ1v) is 5.44. The van der Waals surface area contributed by atoms with Crippen molar-refractivity contribution in [3.05, 3.63) is 36.0 Å². The molecule has 0 radical (unpaired) electrons. The summed E-state index contributed by atoms with van der Waals surface area (Å²) >= 11 is 0. The number of hydrogen-bond acceptors (Lipinski definition) is 3. The molecule has 0 spiro atoms. The number of nitrogens with two attached hydrogens (primary N) is 1. The summed E-state index contributed by atoms with van der Waals surface area (Å²) in [5.74, 6) is 0.981. The third kappa shape index (κ3) is 3.35. The van der Waals surface area contributed by atoms with Crippen LogP contribution in [0.4, 0.5) is 5.69 Å². The van der Waals surface area contributed by atoms with E-state index in [1.807, 2.05) is 25.1 Å². The van der Waals surface area contributed by atoms with Crippen LogP contribution in [0, 0.1) is 0 Å². The second kappa shape index (κ2) is 6.44. The predicted molar refractivity (Wildman–Crippen MR) is 76.6 cm³/mol. The van der Waals surface area contributed by atoms with Crippen molar-refractivity contribution in [3.63, 3.8) is 0 Å². The van der Waals surface area contributed by atoms with Gasteiger partial charge in [0.15, 0.2) is 5.75 Å². The standard InChI is InChI=1S/C13H18N4O/c1-9(2)17-11-7-5-6-10(12(11)18-4)13(14)16-8-15-3/h5-8,17H,1H2,2-4H3,(H2,14,15,16). The van der Waals surface area contributed by atoms with E-state index in [9.17, 15) is 0 Å². The first-order valence-electron chi connectivity index (χ1n) is 5.44. The van der Waals surface area contributed by atoms with E-state index in [1.165, 1.54) is 6.34 Å². The summed E-state index contributed by atoms with van der Waals surface area (Å²) in [4.78, 5) is 7.78. The highest BCUT2D eigenvalue weighted by molar-refractivity contribution is 6.04. The van der Waals surface area contributed by atoms with Gasteiger partial charge in [0.1, 0.15) is 12.2 Å². The molecular formula is C13H18N4O. The van der Waals surface area contributed by atoms with Crippen molar-refractivity contribution in [1.29, 1.82) is 0 Å². The highest BCUT2D eigenvalue weighted by Gasteiger charge is 2.11. The Bertz CT molecular complexity index is 492. The van der Waals surface area contributed by atoms with E-state index >= 15 is 0 Å². The number of ether oxygens (including phenoxy) is 1. The first-order chi connectivity index (χ1) is 8.60. The van der Waals surface area contributed by atoms with Gasteiger partial charge in [-0.25, -0.2) is 4.99 Å². The molecule has 0 saturated carbocycles. The molecule has 0 fully saturated rings. The molecule has 0 aliphatic carbocycles. The number of allylic oxidation sites excluding steroid dienone is 1. The van der Waals surface area contributed by atoms with Gasteiger partial charge < -0.3 is 15.8 Å². The summed E-state index contributed by atoms with van der Waals surface area (Å²) in [6.45, 7) is 5.67. The molecule has 0 heterocycles. The Labute approximate surface area is 107 Å². The van der Waals surface area contributed by atoms with Crippen LogP contribution in [-0.2, 0) is 0 Å². The Kier molecular flexibility index (Phi) is 4.92. The smallest absolute Gasteiger partial charge is 0.153 e.